The van der Waals surface area contributed by atoms with Gasteiger partial charge >= 0.3 is 0 Å². The quantitative estimate of drug-likeness (QED) is 0.725. The third-order valence-electron chi connectivity index (χ3n) is 3.08. The Morgan fingerprint density at radius 2 is 2.05 bits per heavy atom. The zero-order valence-electron chi connectivity index (χ0n) is 11.2. The maximum absolute atomic E-state index is 11.7. The zero-order valence-corrected chi connectivity index (χ0v) is 12.8. The smallest absolute Gasteiger partial charge is 0.177 e. The van der Waals surface area contributed by atoms with Crippen LogP contribution in [0.2, 0.25) is 0 Å². The third-order valence-corrected chi connectivity index (χ3v) is 5.02. The number of thiazole rings is 1. The standard InChI is InChI=1S/C14H13N3O2S2/c1-21(18,19)13-4-2-3-11(14(13)15)17-9-5-6-10-12(7-9)20-8-16-10/h2-8,17H,15H2,1H3. The van der Waals surface area contributed by atoms with Crippen molar-refractivity contribution >= 4 is 48.5 Å². The van der Waals surface area contributed by atoms with E-state index < -0.39 is 9.84 Å². The van der Waals surface area contributed by atoms with Crippen molar-refractivity contribution in [1.29, 1.82) is 0 Å². The number of anilines is 3. The van der Waals surface area contributed by atoms with Crippen molar-refractivity contribution in [3.63, 3.8) is 0 Å². The molecular formula is C14H13N3O2S2. The average molecular weight is 319 g/mol. The Morgan fingerprint density at radius 1 is 1.24 bits per heavy atom. The molecule has 0 fully saturated rings. The highest BCUT2D eigenvalue weighted by Gasteiger charge is 2.14. The second-order valence-corrected chi connectivity index (χ2v) is 7.52. The number of sulfone groups is 1. The second-order valence-electron chi connectivity index (χ2n) is 4.65. The highest BCUT2D eigenvalue weighted by molar-refractivity contribution is 7.90. The Bertz CT molecular complexity index is 917. The van der Waals surface area contributed by atoms with Crippen molar-refractivity contribution in [2.75, 3.05) is 17.3 Å². The number of rotatable bonds is 3. The van der Waals surface area contributed by atoms with Gasteiger partial charge in [0.05, 0.1) is 32.0 Å². The number of nitrogens with one attached hydrogen (secondary N) is 1. The summed E-state index contributed by atoms with van der Waals surface area (Å²) < 4.78 is 24.4. The summed E-state index contributed by atoms with van der Waals surface area (Å²) in [5.41, 5.74) is 10.3. The minimum Gasteiger partial charge on any atom is -0.396 e. The molecule has 7 heteroatoms. The van der Waals surface area contributed by atoms with Crippen LogP contribution >= 0.6 is 11.3 Å². The van der Waals surface area contributed by atoms with Gasteiger partial charge in [0, 0.05) is 11.9 Å². The van der Waals surface area contributed by atoms with E-state index in [9.17, 15) is 8.42 Å². The SMILES string of the molecule is CS(=O)(=O)c1cccc(Nc2ccc3ncsc3c2)c1N. The third kappa shape index (κ3) is 2.70. The van der Waals surface area contributed by atoms with Crippen LogP contribution in [0, 0.1) is 0 Å². The molecule has 0 aliphatic heterocycles. The molecule has 0 unspecified atom stereocenters. The van der Waals surface area contributed by atoms with Gasteiger partial charge in [0.2, 0.25) is 0 Å². The largest absolute Gasteiger partial charge is 0.396 e. The Kier molecular flexibility index (Phi) is 3.30. The normalized spacial score (nSPS) is 11.7. The van der Waals surface area contributed by atoms with Crippen molar-refractivity contribution in [3.8, 4) is 0 Å². The first kappa shape index (κ1) is 13.8. The monoisotopic (exact) mass is 319 g/mol. The van der Waals surface area contributed by atoms with Gasteiger partial charge in [-0.3, -0.25) is 0 Å². The van der Waals surface area contributed by atoms with E-state index in [2.05, 4.69) is 10.3 Å². The summed E-state index contributed by atoms with van der Waals surface area (Å²) in [6, 6.07) is 10.7. The predicted molar refractivity (Wildman–Crippen MR) is 86.9 cm³/mol. The summed E-state index contributed by atoms with van der Waals surface area (Å²) in [4.78, 5) is 4.35. The molecule has 21 heavy (non-hydrogen) atoms. The van der Waals surface area contributed by atoms with Crippen LogP contribution in [0.3, 0.4) is 0 Å². The van der Waals surface area contributed by atoms with E-state index in [1.807, 2.05) is 18.2 Å². The molecule has 108 valence electrons. The van der Waals surface area contributed by atoms with Crippen LogP contribution in [0.5, 0.6) is 0 Å². The average Bonchev–Trinajstić information content (AvgIpc) is 2.87. The number of aromatic nitrogens is 1. The van der Waals surface area contributed by atoms with Gasteiger partial charge in [0.1, 0.15) is 0 Å². The van der Waals surface area contributed by atoms with Crippen LogP contribution in [0.4, 0.5) is 17.1 Å². The van der Waals surface area contributed by atoms with E-state index >= 15 is 0 Å². The molecule has 0 saturated heterocycles. The molecule has 3 aromatic rings. The fraction of sp³-hybridized carbons (Fsp3) is 0.0714. The molecule has 0 spiro atoms. The number of benzene rings is 2. The second kappa shape index (κ2) is 5.01. The topological polar surface area (TPSA) is 85.1 Å². The van der Waals surface area contributed by atoms with E-state index in [-0.39, 0.29) is 10.6 Å². The lowest BCUT2D eigenvalue weighted by atomic mass is 10.2. The zero-order chi connectivity index (χ0) is 15.0. The van der Waals surface area contributed by atoms with Crippen molar-refractivity contribution in [3.05, 3.63) is 41.9 Å². The lowest BCUT2D eigenvalue weighted by Crippen LogP contribution is -2.05. The molecule has 3 rings (SSSR count). The van der Waals surface area contributed by atoms with Crippen LogP contribution in [0.1, 0.15) is 0 Å². The first-order valence-electron chi connectivity index (χ1n) is 6.14. The molecule has 1 heterocycles. The van der Waals surface area contributed by atoms with Crippen LogP contribution in [0.25, 0.3) is 10.2 Å². The fourth-order valence-electron chi connectivity index (χ4n) is 2.06. The minimum atomic E-state index is -3.35. The van der Waals surface area contributed by atoms with Crippen LogP contribution in [-0.4, -0.2) is 19.7 Å². The van der Waals surface area contributed by atoms with Gasteiger partial charge in [-0.05, 0) is 30.3 Å². The Labute approximate surface area is 126 Å². The first-order chi connectivity index (χ1) is 9.95. The molecule has 0 radical (unpaired) electrons. The molecule has 1 aromatic heterocycles. The lowest BCUT2D eigenvalue weighted by Gasteiger charge is -2.12. The maximum Gasteiger partial charge on any atom is 0.177 e. The van der Waals surface area contributed by atoms with Gasteiger partial charge < -0.3 is 11.1 Å². The van der Waals surface area contributed by atoms with Crippen molar-refractivity contribution in [2.24, 2.45) is 0 Å². The number of nitrogens with zero attached hydrogens (tertiary/aromatic N) is 1. The van der Waals surface area contributed by atoms with Crippen molar-refractivity contribution in [2.45, 2.75) is 4.90 Å². The Morgan fingerprint density at radius 3 is 2.81 bits per heavy atom. The highest BCUT2D eigenvalue weighted by Crippen LogP contribution is 2.30. The molecule has 0 saturated carbocycles. The van der Waals surface area contributed by atoms with Crippen molar-refractivity contribution < 1.29 is 8.42 Å². The van der Waals surface area contributed by atoms with E-state index in [1.54, 1.807) is 29.0 Å². The number of para-hydroxylation sites is 1. The summed E-state index contributed by atoms with van der Waals surface area (Å²) in [5, 5.41) is 3.16. The van der Waals surface area contributed by atoms with Gasteiger partial charge in [-0.1, -0.05) is 6.07 Å². The lowest BCUT2D eigenvalue weighted by molar-refractivity contribution is 0.602. The van der Waals surface area contributed by atoms with Gasteiger partial charge in [0.25, 0.3) is 0 Å². The molecule has 2 aromatic carbocycles. The minimum absolute atomic E-state index is 0.131. The fourth-order valence-corrected chi connectivity index (χ4v) is 3.62. The van der Waals surface area contributed by atoms with Crippen LogP contribution < -0.4 is 11.1 Å². The van der Waals surface area contributed by atoms with Crippen LogP contribution in [0.15, 0.2) is 46.8 Å². The van der Waals surface area contributed by atoms with Gasteiger partial charge in [-0.2, -0.15) is 0 Å². The molecule has 0 aliphatic carbocycles. The summed E-state index contributed by atoms with van der Waals surface area (Å²) in [6.07, 6.45) is 1.14. The molecule has 0 aliphatic rings. The Hall–Kier alpha value is -2.12. The van der Waals surface area contributed by atoms with Crippen molar-refractivity contribution in [1.82, 2.24) is 4.98 Å². The number of nitrogen functional groups attached to an aromatic ring is 1. The number of hydrogen-bond donors (Lipinski definition) is 2. The number of hydrogen-bond acceptors (Lipinski definition) is 6. The van der Waals surface area contributed by atoms with Gasteiger partial charge in [0.15, 0.2) is 9.84 Å². The van der Waals surface area contributed by atoms with E-state index in [1.165, 1.54) is 6.07 Å². The molecular weight excluding hydrogens is 306 g/mol. The summed E-state index contributed by atoms with van der Waals surface area (Å²) in [5.74, 6) is 0. The van der Waals surface area contributed by atoms with Gasteiger partial charge in [-0.15, -0.1) is 11.3 Å². The van der Waals surface area contributed by atoms with E-state index in [4.69, 9.17) is 5.73 Å². The van der Waals surface area contributed by atoms with Gasteiger partial charge in [-0.25, -0.2) is 13.4 Å². The molecule has 0 amide bonds. The predicted octanol–water partition coefficient (Wildman–Crippen LogP) is 3.03. The Balaban J connectivity index is 2.01. The molecule has 0 bridgehead atoms. The van der Waals surface area contributed by atoms with E-state index in [0.717, 1.165) is 22.2 Å². The van der Waals surface area contributed by atoms with Crippen LogP contribution in [-0.2, 0) is 9.84 Å². The summed E-state index contributed by atoms with van der Waals surface area (Å²) >= 11 is 1.55. The highest BCUT2D eigenvalue weighted by atomic mass is 32.2. The maximum atomic E-state index is 11.7. The molecule has 5 nitrogen and oxygen atoms in total. The summed E-state index contributed by atoms with van der Waals surface area (Å²) in [7, 11) is -3.35. The molecule has 0 atom stereocenters. The first-order valence-corrected chi connectivity index (χ1v) is 8.91. The molecule has 3 N–H and O–H groups in total. The summed E-state index contributed by atoms with van der Waals surface area (Å²) in [6.45, 7) is 0. The van der Waals surface area contributed by atoms with E-state index in [0.29, 0.717) is 5.69 Å². The number of fused-ring (bicyclic) bond motifs is 1. The number of nitrogens with two attached hydrogens (primary N) is 1.